The third kappa shape index (κ3) is 1.19. The first-order valence-corrected chi connectivity index (χ1v) is 5.01. The van der Waals surface area contributed by atoms with E-state index >= 15 is 0 Å². The maximum absolute atomic E-state index is 13.4. The van der Waals surface area contributed by atoms with Gasteiger partial charge < -0.3 is 5.11 Å². The molecule has 0 bridgehead atoms. The molecule has 1 aromatic carbocycles. The van der Waals surface area contributed by atoms with Crippen LogP contribution in [0.3, 0.4) is 0 Å². The second kappa shape index (κ2) is 3.03. The number of hydrogen-bond acceptors (Lipinski definition) is 1. The van der Waals surface area contributed by atoms with E-state index in [2.05, 4.69) is 0 Å². The highest BCUT2D eigenvalue weighted by Crippen LogP contribution is 2.62. The van der Waals surface area contributed by atoms with Crippen molar-refractivity contribution in [3.63, 3.8) is 0 Å². The van der Waals surface area contributed by atoms with E-state index in [1.54, 1.807) is 32.0 Å². The number of carboxylic acids is 1. The number of alkyl halides is 2. The van der Waals surface area contributed by atoms with Gasteiger partial charge in [-0.1, -0.05) is 18.2 Å². The molecular formula is C12H12F2O2. The van der Waals surface area contributed by atoms with Crippen LogP contribution in [0, 0.1) is 13.8 Å². The fourth-order valence-electron chi connectivity index (χ4n) is 2.39. The highest BCUT2D eigenvalue weighted by molar-refractivity contribution is 5.88. The molecule has 0 amide bonds. The average Bonchev–Trinajstić information content (AvgIpc) is 2.70. The Kier molecular flexibility index (Phi) is 2.09. The van der Waals surface area contributed by atoms with Gasteiger partial charge >= 0.3 is 5.97 Å². The molecule has 2 rings (SSSR count). The molecule has 0 radical (unpaired) electrons. The molecule has 1 atom stereocenters. The zero-order valence-corrected chi connectivity index (χ0v) is 9.05. The minimum atomic E-state index is -3.13. The molecule has 1 aromatic rings. The van der Waals surface area contributed by atoms with Gasteiger partial charge in [-0.05, 0) is 30.5 Å². The van der Waals surface area contributed by atoms with E-state index in [0.29, 0.717) is 11.1 Å². The molecular weight excluding hydrogens is 214 g/mol. The van der Waals surface area contributed by atoms with E-state index in [9.17, 15) is 13.6 Å². The third-order valence-electron chi connectivity index (χ3n) is 3.26. The largest absolute Gasteiger partial charge is 0.480 e. The number of carbonyl (C=O) groups is 1. The van der Waals surface area contributed by atoms with Crippen molar-refractivity contribution in [2.75, 3.05) is 0 Å². The minimum Gasteiger partial charge on any atom is -0.480 e. The highest BCUT2D eigenvalue weighted by atomic mass is 19.3. The van der Waals surface area contributed by atoms with Crippen LogP contribution < -0.4 is 0 Å². The van der Waals surface area contributed by atoms with Gasteiger partial charge in [-0.2, -0.15) is 0 Å². The molecule has 0 spiro atoms. The standard InChI is InChI=1S/C12H12F2O2/c1-7-4-3-5-8(2)9(7)11(10(15)16)6-12(11,13)14/h3-5H,6H2,1-2H3,(H,15,16). The van der Waals surface area contributed by atoms with Crippen LogP contribution in [0.5, 0.6) is 0 Å². The van der Waals surface area contributed by atoms with Crippen molar-refractivity contribution in [1.82, 2.24) is 0 Å². The van der Waals surface area contributed by atoms with Crippen molar-refractivity contribution in [3.05, 3.63) is 34.9 Å². The van der Waals surface area contributed by atoms with E-state index in [4.69, 9.17) is 5.11 Å². The van der Waals surface area contributed by atoms with Crippen molar-refractivity contribution in [2.24, 2.45) is 0 Å². The molecule has 0 aromatic heterocycles. The second-order valence-electron chi connectivity index (χ2n) is 4.36. The summed E-state index contributed by atoms with van der Waals surface area (Å²) < 4.78 is 26.7. The van der Waals surface area contributed by atoms with Gasteiger partial charge in [-0.15, -0.1) is 0 Å². The molecule has 0 saturated heterocycles. The minimum absolute atomic E-state index is 0.271. The lowest BCUT2D eigenvalue weighted by atomic mass is 9.87. The summed E-state index contributed by atoms with van der Waals surface area (Å²) in [4.78, 5) is 11.1. The highest BCUT2D eigenvalue weighted by Gasteiger charge is 2.77. The fourth-order valence-corrected chi connectivity index (χ4v) is 2.39. The van der Waals surface area contributed by atoms with Gasteiger partial charge in [0.15, 0.2) is 5.41 Å². The van der Waals surface area contributed by atoms with Crippen molar-refractivity contribution in [2.45, 2.75) is 31.6 Å². The summed E-state index contributed by atoms with van der Waals surface area (Å²) in [5.41, 5.74) is -0.505. The number of aryl methyl sites for hydroxylation is 2. The van der Waals surface area contributed by atoms with Crippen LogP contribution in [0.1, 0.15) is 23.1 Å². The van der Waals surface area contributed by atoms with Gasteiger partial charge in [-0.25, -0.2) is 8.78 Å². The molecule has 1 saturated carbocycles. The lowest BCUT2D eigenvalue weighted by Crippen LogP contribution is -2.28. The monoisotopic (exact) mass is 226 g/mol. The van der Waals surface area contributed by atoms with Crippen LogP contribution in [-0.4, -0.2) is 17.0 Å². The molecule has 16 heavy (non-hydrogen) atoms. The van der Waals surface area contributed by atoms with Crippen LogP contribution in [0.2, 0.25) is 0 Å². The normalized spacial score (nSPS) is 26.5. The number of benzene rings is 1. The summed E-state index contributed by atoms with van der Waals surface area (Å²) in [7, 11) is 0. The lowest BCUT2D eigenvalue weighted by molar-refractivity contribution is -0.143. The molecule has 0 heterocycles. The van der Waals surface area contributed by atoms with E-state index in [1.165, 1.54) is 0 Å². The van der Waals surface area contributed by atoms with Crippen molar-refractivity contribution >= 4 is 5.97 Å². The van der Waals surface area contributed by atoms with Crippen molar-refractivity contribution in [3.8, 4) is 0 Å². The zero-order chi connectivity index (χ0) is 12.1. The molecule has 1 aliphatic carbocycles. The Balaban J connectivity index is 2.64. The molecule has 1 aliphatic rings. The van der Waals surface area contributed by atoms with Crippen LogP contribution in [-0.2, 0) is 10.2 Å². The molecule has 2 nitrogen and oxygen atoms in total. The van der Waals surface area contributed by atoms with Crippen LogP contribution in [0.4, 0.5) is 8.78 Å². The third-order valence-corrected chi connectivity index (χ3v) is 3.26. The maximum atomic E-state index is 13.4. The first-order valence-electron chi connectivity index (χ1n) is 5.01. The zero-order valence-electron chi connectivity index (χ0n) is 9.05. The first-order chi connectivity index (χ1) is 7.33. The number of halogens is 2. The van der Waals surface area contributed by atoms with Gasteiger partial charge in [0.25, 0.3) is 5.92 Å². The second-order valence-corrected chi connectivity index (χ2v) is 4.36. The first kappa shape index (κ1) is 11.0. The molecule has 86 valence electrons. The SMILES string of the molecule is Cc1cccc(C)c1C1(C(=O)O)CC1(F)F. The summed E-state index contributed by atoms with van der Waals surface area (Å²) in [5.74, 6) is -4.56. The van der Waals surface area contributed by atoms with Crippen LogP contribution in [0.15, 0.2) is 18.2 Å². The van der Waals surface area contributed by atoms with E-state index in [0.717, 1.165) is 0 Å². The Labute approximate surface area is 91.9 Å². The van der Waals surface area contributed by atoms with Gasteiger partial charge in [0.05, 0.1) is 0 Å². The van der Waals surface area contributed by atoms with Gasteiger partial charge in [-0.3, -0.25) is 4.79 Å². The summed E-state index contributed by atoms with van der Waals surface area (Å²) in [5, 5.41) is 9.06. The topological polar surface area (TPSA) is 37.3 Å². The average molecular weight is 226 g/mol. The molecule has 1 fully saturated rings. The Morgan fingerprint density at radius 2 is 1.75 bits per heavy atom. The maximum Gasteiger partial charge on any atom is 0.320 e. The molecule has 0 aliphatic heterocycles. The summed E-state index contributed by atoms with van der Waals surface area (Å²) in [6.07, 6.45) is -0.596. The predicted octanol–water partition coefficient (Wildman–Crippen LogP) is 2.66. The Hall–Kier alpha value is -1.45. The van der Waals surface area contributed by atoms with Gasteiger partial charge in [0, 0.05) is 6.42 Å². The number of hydrogen-bond donors (Lipinski definition) is 1. The fraction of sp³-hybridized carbons (Fsp3) is 0.417. The Bertz CT molecular complexity index is 448. The van der Waals surface area contributed by atoms with Crippen LogP contribution >= 0.6 is 0 Å². The van der Waals surface area contributed by atoms with E-state index < -0.39 is 23.7 Å². The number of rotatable bonds is 2. The predicted molar refractivity (Wildman–Crippen MR) is 54.8 cm³/mol. The summed E-state index contributed by atoms with van der Waals surface area (Å²) >= 11 is 0. The summed E-state index contributed by atoms with van der Waals surface area (Å²) in [6.45, 7) is 3.34. The quantitative estimate of drug-likeness (QED) is 0.841. The van der Waals surface area contributed by atoms with E-state index in [1.807, 2.05) is 0 Å². The number of carboxylic acid groups (broad SMARTS) is 1. The molecule has 1 unspecified atom stereocenters. The van der Waals surface area contributed by atoms with Crippen molar-refractivity contribution in [1.29, 1.82) is 0 Å². The lowest BCUT2D eigenvalue weighted by Gasteiger charge is -2.17. The smallest absolute Gasteiger partial charge is 0.320 e. The molecule has 4 heteroatoms. The Morgan fingerprint density at radius 3 is 2.06 bits per heavy atom. The van der Waals surface area contributed by atoms with Crippen molar-refractivity contribution < 1.29 is 18.7 Å². The van der Waals surface area contributed by atoms with Crippen LogP contribution in [0.25, 0.3) is 0 Å². The number of aliphatic carboxylic acids is 1. The van der Waals surface area contributed by atoms with Gasteiger partial charge in [0.2, 0.25) is 0 Å². The summed E-state index contributed by atoms with van der Waals surface area (Å²) in [6, 6.07) is 5.08. The van der Waals surface area contributed by atoms with Gasteiger partial charge in [0.1, 0.15) is 0 Å². The molecule has 1 N–H and O–H groups in total. The van der Waals surface area contributed by atoms with E-state index in [-0.39, 0.29) is 5.56 Å². The Morgan fingerprint density at radius 1 is 1.31 bits per heavy atom.